The van der Waals surface area contributed by atoms with Crippen molar-refractivity contribution in [3.63, 3.8) is 0 Å². The van der Waals surface area contributed by atoms with Gasteiger partial charge >= 0.3 is 6.03 Å². The number of urea groups is 1. The number of fused-ring (bicyclic) bond motifs is 1. The van der Waals surface area contributed by atoms with Crippen LogP contribution in [0.5, 0.6) is 5.75 Å². The fourth-order valence-electron chi connectivity index (χ4n) is 3.69. The molecule has 0 atom stereocenters. The molecule has 27 heavy (non-hydrogen) atoms. The Labute approximate surface area is 162 Å². The van der Waals surface area contributed by atoms with Crippen LogP contribution in [-0.4, -0.2) is 34.6 Å². The van der Waals surface area contributed by atoms with Gasteiger partial charge in [0.05, 0.1) is 10.6 Å². The fourth-order valence-corrected chi connectivity index (χ4v) is 3.92. The molecule has 0 bridgehead atoms. The van der Waals surface area contributed by atoms with E-state index in [0.717, 1.165) is 37.0 Å². The van der Waals surface area contributed by atoms with E-state index in [9.17, 15) is 4.79 Å². The summed E-state index contributed by atoms with van der Waals surface area (Å²) in [5.74, 6) is 1.24. The van der Waals surface area contributed by atoms with Gasteiger partial charge in [-0.1, -0.05) is 23.7 Å². The van der Waals surface area contributed by atoms with Crippen molar-refractivity contribution in [3.05, 3.63) is 52.7 Å². The lowest BCUT2D eigenvalue weighted by Gasteiger charge is -2.44. The van der Waals surface area contributed by atoms with Gasteiger partial charge in [-0.25, -0.2) is 9.78 Å². The number of piperidine rings is 1. The van der Waals surface area contributed by atoms with Crippen LogP contribution in [0.1, 0.15) is 30.4 Å². The first-order valence-electron chi connectivity index (χ1n) is 8.97. The highest BCUT2D eigenvalue weighted by molar-refractivity contribution is 6.32. The summed E-state index contributed by atoms with van der Waals surface area (Å²) in [6, 6.07) is 10.9. The molecular weight excluding hydrogens is 364 g/mol. The van der Waals surface area contributed by atoms with Crippen LogP contribution in [0.2, 0.25) is 5.02 Å². The number of rotatable bonds is 1. The highest BCUT2D eigenvalue weighted by Gasteiger charge is 2.41. The quantitative estimate of drug-likeness (QED) is 0.808. The second kappa shape index (κ2) is 7.09. The Hall–Kier alpha value is -2.78. The molecule has 1 spiro atoms. The van der Waals surface area contributed by atoms with Crippen molar-refractivity contribution in [2.75, 3.05) is 18.4 Å². The minimum atomic E-state index is -0.249. The molecule has 1 aromatic heterocycles. The second-order valence-electron chi connectivity index (χ2n) is 6.97. The Balaban J connectivity index is 1.38. The highest BCUT2D eigenvalue weighted by Crippen LogP contribution is 2.42. The topological polar surface area (TPSA) is 78.2 Å². The molecule has 0 radical (unpaired) electrons. The normalized spacial score (nSPS) is 17.6. The van der Waals surface area contributed by atoms with Gasteiger partial charge in [0, 0.05) is 32.1 Å². The van der Waals surface area contributed by atoms with E-state index < -0.39 is 0 Å². The maximum absolute atomic E-state index is 12.5. The molecule has 2 amide bonds. The van der Waals surface area contributed by atoms with Gasteiger partial charge in [0.2, 0.25) is 0 Å². The maximum Gasteiger partial charge on any atom is 0.323 e. The van der Waals surface area contributed by atoms with Crippen molar-refractivity contribution in [1.82, 2.24) is 9.88 Å². The van der Waals surface area contributed by atoms with Gasteiger partial charge in [-0.05, 0) is 36.6 Å². The molecule has 1 aromatic carbocycles. The zero-order chi connectivity index (χ0) is 18.9. The number of pyridine rings is 1. The lowest BCUT2D eigenvalue weighted by Crippen LogP contribution is -2.52. The standard InChI is InChI=1S/C20H19ClN4O2/c21-16-3-1-2-15-6-7-20(27-18(15)16)8-10-25(11-9-20)19(26)24-17-5-4-14(12-22)13-23-17/h1-5,13H,6-11H2,(H,23,24,26). The number of halogens is 1. The van der Waals surface area contributed by atoms with Crippen molar-refractivity contribution in [3.8, 4) is 11.8 Å². The van der Waals surface area contributed by atoms with E-state index in [1.165, 1.54) is 6.20 Å². The van der Waals surface area contributed by atoms with Crippen LogP contribution < -0.4 is 10.1 Å². The zero-order valence-electron chi connectivity index (χ0n) is 14.7. The monoisotopic (exact) mass is 382 g/mol. The fraction of sp³-hybridized carbons (Fsp3) is 0.350. The number of amides is 2. The Morgan fingerprint density at radius 1 is 1.26 bits per heavy atom. The summed E-state index contributed by atoms with van der Waals surface area (Å²) in [6.07, 6.45) is 4.86. The van der Waals surface area contributed by atoms with Gasteiger partial charge < -0.3 is 9.64 Å². The summed E-state index contributed by atoms with van der Waals surface area (Å²) >= 11 is 6.31. The summed E-state index contributed by atoms with van der Waals surface area (Å²) in [6.45, 7) is 1.23. The number of nitriles is 1. The molecule has 0 unspecified atom stereocenters. The number of nitrogens with one attached hydrogen (secondary N) is 1. The summed E-state index contributed by atoms with van der Waals surface area (Å²) in [4.78, 5) is 18.3. The molecule has 1 saturated heterocycles. The highest BCUT2D eigenvalue weighted by atomic mass is 35.5. The number of anilines is 1. The molecule has 6 nitrogen and oxygen atoms in total. The molecule has 0 saturated carbocycles. The van der Waals surface area contributed by atoms with Crippen LogP contribution >= 0.6 is 11.6 Å². The van der Waals surface area contributed by atoms with E-state index in [4.69, 9.17) is 21.6 Å². The van der Waals surface area contributed by atoms with Crippen molar-refractivity contribution in [2.24, 2.45) is 0 Å². The summed E-state index contributed by atoms with van der Waals surface area (Å²) in [7, 11) is 0. The Bertz CT molecular complexity index is 899. The number of aromatic nitrogens is 1. The minimum absolute atomic E-state index is 0.184. The first kappa shape index (κ1) is 17.6. The first-order chi connectivity index (χ1) is 13.1. The number of carbonyl (C=O) groups excluding carboxylic acids is 1. The van der Waals surface area contributed by atoms with E-state index in [-0.39, 0.29) is 11.6 Å². The second-order valence-corrected chi connectivity index (χ2v) is 7.38. The van der Waals surface area contributed by atoms with Gasteiger partial charge in [-0.15, -0.1) is 0 Å². The molecule has 2 aliphatic heterocycles. The number of hydrogen-bond acceptors (Lipinski definition) is 4. The number of ether oxygens (including phenoxy) is 1. The van der Waals surface area contributed by atoms with Gasteiger partial charge in [0.25, 0.3) is 0 Å². The SMILES string of the molecule is N#Cc1ccc(NC(=O)N2CCC3(CCc4cccc(Cl)c4O3)CC2)nc1. The molecule has 4 rings (SSSR count). The van der Waals surface area contributed by atoms with Crippen molar-refractivity contribution < 1.29 is 9.53 Å². The molecule has 7 heteroatoms. The van der Waals surface area contributed by atoms with Gasteiger partial charge in [-0.3, -0.25) is 5.32 Å². The Morgan fingerprint density at radius 3 is 2.78 bits per heavy atom. The predicted octanol–water partition coefficient (Wildman–Crippen LogP) is 4.00. The van der Waals surface area contributed by atoms with Crippen molar-refractivity contribution in [1.29, 1.82) is 5.26 Å². The number of likely N-dealkylation sites (tertiary alicyclic amines) is 1. The molecule has 2 aromatic rings. The number of hydrogen-bond donors (Lipinski definition) is 1. The van der Waals surface area contributed by atoms with E-state index in [0.29, 0.717) is 29.5 Å². The average Bonchev–Trinajstić information content (AvgIpc) is 2.70. The smallest absolute Gasteiger partial charge is 0.323 e. The van der Waals surface area contributed by atoms with Crippen LogP contribution in [0.25, 0.3) is 0 Å². The average molecular weight is 383 g/mol. The molecule has 0 aliphatic carbocycles. The molecule has 2 aliphatic rings. The maximum atomic E-state index is 12.5. The number of benzene rings is 1. The van der Waals surface area contributed by atoms with Crippen LogP contribution in [0.15, 0.2) is 36.5 Å². The Morgan fingerprint density at radius 2 is 2.07 bits per heavy atom. The lowest BCUT2D eigenvalue weighted by atomic mass is 9.83. The van der Waals surface area contributed by atoms with Crippen LogP contribution in [0.4, 0.5) is 10.6 Å². The summed E-state index contributed by atoms with van der Waals surface area (Å²) < 4.78 is 6.33. The van der Waals surface area contributed by atoms with E-state index in [1.54, 1.807) is 17.0 Å². The van der Waals surface area contributed by atoms with Crippen molar-refractivity contribution >= 4 is 23.4 Å². The largest absolute Gasteiger partial charge is 0.485 e. The van der Waals surface area contributed by atoms with Crippen molar-refractivity contribution in [2.45, 2.75) is 31.3 Å². The predicted molar refractivity (Wildman–Crippen MR) is 102 cm³/mol. The van der Waals surface area contributed by atoms with Crippen LogP contribution in [0, 0.1) is 11.3 Å². The molecule has 138 valence electrons. The third kappa shape index (κ3) is 3.56. The van der Waals surface area contributed by atoms with E-state index in [1.807, 2.05) is 18.2 Å². The molecule has 1 N–H and O–H groups in total. The molecular formula is C20H19ClN4O2. The number of para-hydroxylation sites is 1. The van der Waals surface area contributed by atoms with E-state index in [2.05, 4.69) is 16.4 Å². The summed E-state index contributed by atoms with van der Waals surface area (Å²) in [5.41, 5.74) is 1.36. The van der Waals surface area contributed by atoms with Gasteiger partial charge in [0.1, 0.15) is 23.2 Å². The van der Waals surface area contributed by atoms with Gasteiger partial charge in [0.15, 0.2) is 0 Å². The van der Waals surface area contributed by atoms with Gasteiger partial charge in [-0.2, -0.15) is 5.26 Å². The Kier molecular flexibility index (Phi) is 4.63. The number of nitrogens with zero attached hydrogens (tertiary/aromatic N) is 3. The summed E-state index contributed by atoms with van der Waals surface area (Å²) in [5, 5.41) is 12.2. The molecule has 1 fully saturated rings. The van der Waals surface area contributed by atoms with E-state index >= 15 is 0 Å². The number of carbonyl (C=O) groups is 1. The third-order valence-electron chi connectivity index (χ3n) is 5.31. The van der Waals surface area contributed by atoms with Crippen LogP contribution in [-0.2, 0) is 6.42 Å². The lowest BCUT2D eigenvalue weighted by molar-refractivity contribution is -0.00427. The first-order valence-corrected chi connectivity index (χ1v) is 9.35. The molecule has 3 heterocycles. The zero-order valence-corrected chi connectivity index (χ0v) is 15.5. The number of aryl methyl sites for hydroxylation is 1. The van der Waals surface area contributed by atoms with Crippen LogP contribution in [0.3, 0.4) is 0 Å². The third-order valence-corrected chi connectivity index (χ3v) is 5.60. The minimum Gasteiger partial charge on any atom is -0.485 e.